The van der Waals surface area contributed by atoms with Crippen LogP contribution >= 0.6 is 0 Å². The van der Waals surface area contributed by atoms with E-state index in [2.05, 4.69) is 5.32 Å². The summed E-state index contributed by atoms with van der Waals surface area (Å²) in [7, 11) is 0. The van der Waals surface area contributed by atoms with Crippen molar-refractivity contribution in [3.8, 4) is 5.75 Å². The highest BCUT2D eigenvalue weighted by Crippen LogP contribution is 2.27. The Bertz CT molecular complexity index is 650. The van der Waals surface area contributed by atoms with E-state index in [1.54, 1.807) is 18.2 Å². The van der Waals surface area contributed by atoms with Crippen LogP contribution < -0.4 is 10.1 Å². The molecule has 1 N–H and O–H groups in total. The molecule has 2 aromatic carbocycles. The summed E-state index contributed by atoms with van der Waals surface area (Å²) in [6.45, 7) is 3.29. The van der Waals surface area contributed by atoms with Gasteiger partial charge >= 0.3 is 0 Å². The molecule has 0 saturated carbocycles. The Kier molecular flexibility index (Phi) is 4.72. The molecule has 108 valence electrons. The first-order chi connectivity index (χ1) is 10.1. The zero-order valence-corrected chi connectivity index (χ0v) is 12.1. The number of carbonyl (C=O) groups excluding carboxylic acids is 2. The molecular weight excluding hydrogens is 266 g/mol. The number of rotatable bonds is 5. The highest BCUT2D eigenvalue weighted by Gasteiger charge is 2.09. The number of hydrogen-bond donors (Lipinski definition) is 1. The number of hydrogen-bond acceptors (Lipinski definition) is 3. The molecule has 0 atom stereocenters. The maximum atomic E-state index is 11.5. The van der Waals surface area contributed by atoms with Gasteiger partial charge in [0.2, 0.25) is 5.91 Å². The molecule has 0 saturated heterocycles. The summed E-state index contributed by atoms with van der Waals surface area (Å²) in [5, 5.41) is 2.70. The number of anilines is 1. The quantitative estimate of drug-likeness (QED) is 0.855. The van der Waals surface area contributed by atoms with E-state index in [-0.39, 0.29) is 11.7 Å². The Balaban J connectivity index is 2.23. The number of benzene rings is 2. The highest BCUT2D eigenvalue weighted by molar-refractivity contribution is 5.96. The van der Waals surface area contributed by atoms with E-state index in [4.69, 9.17) is 4.74 Å². The smallest absolute Gasteiger partial charge is 0.221 e. The van der Waals surface area contributed by atoms with Crippen LogP contribution in [0.3, 0.4) is 0 Å². The van der Waals surface area contributed by atoms with Gasteiger partial charge in [0.15, 0.2) is 5.78 Å². The first-order valence-corrected chi connectivity index (χ1v) is 6.65. The molecule has 0 bridgehead atoms. The van der Waals surface area contributed by atoms with E-state index >= 15 is 0 Å². The van der Waals surface area contributed by atoms with E-state index in [1.807, 2.05) is 30.3 Å². The SMILES string of the molecule is CC(=O)Nc1ccc(C(C)=O)cc1OCc1ccccc1. The van der Waals surface area contributed by atoms with Crippen LogP contribution in [0.5, 0.6) is 5.75 Å². The van der Waals surface area contributed by atoms with Crippen molar-refractivity contribution >= 4 is 17.4 Å². The van der Waals surface area contributed by atoms with Crippen LogP contribution in [0.15, 0.2) is 48.5 Å². The molecule has 4 nitrogen and oxygen atoms in total. The van der Waals surface area contributed by atoms with Crippen molar-refractivity contribution < 1.29 is 14.3 Å². The highest BCUT2D eigenvalue weighted by atomic mass is 16.5. The number of Topliss-reactive ketones (excluding diaryl/α,β-unsaturated/α-hetero) is 1. The second-order valence-electron chi connectivity index (χ2n) is 4.72. The van der Waals surface area contributed by atoms with E-state index in [0.29, 0.717) is 23.6 Å². The third-order valence-corrected chi connectivity index (χ3v) is 2.94. The second-order valence-corrected chi connectivity index (χ2v) is 4.72. The van der Waals surface area contributed by atoms with Crippen molar-refractivity contribution in [3.05, 3.63) is 59.7 Å². The molecule has 0 radical (unpaired) electrons. The van der Waals surface area contributed by atoms with Crippen LogP contribution in [-0.4, -0.2) is 11.7 Å². The largest absolute Gasteiger partial charge is 0.487 e. The lowest BCUT2D eigenvalue weighted by Gasteiger charge is -2.13. The number of carbonyl (C=O) groups is 2. The second kappa shape index (κ2) is 6.70. The first-order valence-electron chi connectivity index (χ1n) is 6.65. The predicted octanol–water partition coefficient (Wildman–Crippen LogP) is 3.43. The van der Waals surface area contributed by atoms with Gasteiger partial charge in [-0.15, -0.1) is 0 Å². The van der Waals surface area contributed by atoms with Crippen LogP contribution in [-0.2, 0) is 11.4 Å². The van der Waals surface area contributed by atoms with Gasteiger partial charge in [0.25, 0.3) is 0 Å². The molecule has 0 aromatic heterocycles. The fourth-order valence-corrected chi connectivity index (χ4v) is 1.89. The monoisotopic (exact) mass is 283 g/mol. The summed E-state index contributed by atoms with van der Waals surface area (Å²) in [5.74, 6) is 0.255. The normalized spacial score (nSPS) is 10.0. The Morgan fingerprint density at radius 3 is 2.38 bits per heavy atom. The zero-order chi connectivity index (χ0) is 15.2. The van der Waals surface area contributed by atoms with Crippen molar-refractivity contribution in [1.29, 1.82) is 0 Å². The lowest BCUT2D eigenvalue weighted by Crippen LogP contribution is -2.08. The molecule has 2 rings (SSSR count). The molecule has 2 aromatic rings. The van der Waals surface area contributed by atoms with Crippen LogP contribution in [0.1, 0.15) is 29.8 Å². The van der Waals surface area contributed by atoms with Gasteiger partial charge in [-0.3, -0.25) is 9.59 Å². The van der Waals surface area contributed by atoms with Crippen molar-refractivity contribution in [2.75, 3.05) is 5.32 Å². The number of ketones is 1. The topological polar surface area (TPSA) is 55.4 Å². The van der Waals surface area contributed by atoms with Gasteiger partial charge in [-0.1, -0.05) is 30.3 Å². The summed E-state index contributed by atoms with van der Waals surface area (Å²) in [4.78, 5) is 22.7. The fourth-order valence-electron chi connectivity index (χ4n) is 1.89. The Labute approximate surface area is 123 Å². The van der Waals surface area contributed by atoms with Crippen LogP contribution in [0.25, 0.3) is 0 Å². The molecule has 0 spiro atoms. The maximum absolute atomic E-state index is 11.5. The number of nitrogens with one attached hydrogen (secondary N) is 1. The lowest BCUT2D eigenvalue weighted by molar-refractivity contribution is -0.114. The van der Waals surface area contributed by atoms with Crippen molar-refractivity contribution in [1.82, 2.24) is 0 Å². The molecule has 21 heavy (non-hydrogen) atoms. The van der Waals surface area contributed by atoms with E-state index in [0.717, 1.165) is 5.56 Å². The Morgan fingerprint density at radius 2 is 1.76 bits per heavy atom. The van der Waals surface area contributed by atoms with E-state index in [1.165, 1.54) is 13.8 Å². The molecule has 0 aliphatic heterocycles. The van der Waals surface area contributed by atoms with Crippen LogP contribution in [0.2, 0.25) is 0 Å². The van der Waals surface area contributed by atoms with Gasteiger partial charge in [-0.25, -0.2) is 0 Å². The minimum atomic E-state index is -0.185. The Hall–Kier alpha value is -2.62. The zero-order valence-electron chi connectivity index (χ0n) is 12.1. The van der Waals surface area contributed by atoms with Gasteiger partial charge < -0.3 is 10.1 Å². The molecular formula is C17H17NO3. The molecule has 0 heterocycles. The van der Waals surface area contributed by atoms with Crippen LogP contribution in [0.4, 0.5) is 5.69 Å². The summed E-state index contributed by atoms with van der Waals surface area (Å²) in [6.07, 6.45) is 0. The standard InChI is InChI=1S/C17H17NO3/c1-12(19)15-8-9-16(18-13(2)20)17(10-15)21-11-14-6-4-3-5-7-14/h3-10H,11H2,1-2H3,(H,18,20). The minimum Gasteiger partial charge on any atom is -0.487 e. The lowest BCUT2D eigenvalue weighted by atomic mass is 10.1. The van der Waals surface area contributed by atoms with Gasteiger partial charge in [0, 0.05) is 12.5 Å². The minimum absolute atomic E-state index is 0.0473. The molecule has 0 fully saturated rings. The number of ether oxygens (including phenoxy) is 1. The third-order valence-electron chi connectivity index (χ3n) is 2.94. The van der Waals surface area contributed by atoms with Gasteiger partial charge in [-0.05, 0) is 30.7 Å². The maximum Gasteiger partial charge on any atom is 0.221 e. The summed E-state index contributed by atoms with van der Waals surface area (Å²) >= 11 is 0. The average molecular weight is 283 g/mol. The van der Waals surface area contributed by atoms with Crippen molar-refractivity contribution in [3.63, 3.8) is 0 Å². The molecule has 4 heteroatoms. The summed E-state index contributed by atoms with van der Waals surface area (Å²) < 4.78 is 5.75. The van der Waals surface area contributed by atoms with Crippen LogP contribution in [0, 0.1) is 0 Å². The third kappa shape index (κ3) is 4.18. The Morgan fingerprint density at radius 1 is 1.05 bits per heavy atom. The van der Waals surface area contributed by atoms with Gasteiger partial charge in [0.05, 0.1) is 5.69 Å². The molecule has 0 unspecified atom stereocenters. The van der Waals surface area contributed by atoms with E-state index < -0.39 is 0 Å². The fraction of sp³-hybridized carbons (Fsp3) is 0.176. The summed E-state index contributed by atoms with van der Waals surface area (Å²) in [5.41, 5.74) is 2.12. The predicted molar refractivity (Wildman–Crippen MR) is 81.5 cm³/mol. The van der Waals surface area contributed by atoms with Gasteiger partial charge in [0.1, 0.15) is 12.4 Å². The number of amides is 1. The molecule has 0 aliphatic rings. The molecule has 1 amide bonds. The van der Waals surface area contributed by atoms with Gasteiger partial charge in [-0.2, -0.15) is 0 Å². The summed E-state index contributed by atoms with van der Waals surface area (Å²) in [6, 6.07) is 14.7. The average Bonchev–Trinajstić information content (AvgIpc) is 2.46. The van der Waals surface area contributed by atoms with E-state index in [9.17, 15) is 9.59 Å². The molecule has 0 aliphatic carbocycles. The first kappa shape index (κ1) is 14.8. The van der Waals surface area contributed by atoms with Crippen molar-refractivity contribution in [2.24, 2.45) is 0 Å². The van der Waals surface area contributed by atoms with Crippen molar-refractivity contribution in [2.45, 2.75) is 20.5 Å².